The molecule has 0 aliphatic carbocycles. The maximum Gasteiger partial charge on any atom is 0.338 e. The monoisotopic (exact) mass is 404 g/mol. The SMILES string of the molecule is O=C(COC(=O)c1ccc(Cl)c(N2CCCC2=O)c1)NCc1ccccc1F. The number of carbonyl (C=O) groups is 3. The third-order valence-corrected chi connectivity index (χ3v) is 4.63. The number of nitrogens with one attached hydrogen (secondary N) is 1. The number of hydrogen-bond acceptors (Lipinski definition) is 4. The Morgan fingerprint density at radius 3 is 2.71 bits per heavy atom. The molecule has 1 saturated heterocycles. The zero-order valence-electron chi connectivity index (χ0n) is 14.9. The molecular weight excluding hydrogens is 387 g/mol. The third-order valence-electron chi connectivity index (χ3n) is 4.31. The predicted molar refractivity (Wildman–Crippen MR) is 102 cm³/mol. The summed E-state index contributed by atoms with van der Waals surface area (Å²) in [4.78, 5) is 37.5. The molecule has 2 aromatic carbocycles. The van der Waals surface area contributed by atoms with Crippen LogP contribution in [-0.2, 0) is 20.9 Å². The number of anilines is 1. The second-order valence-corrected chi connectivity index (χ2v) is 6.67. The highest BCUT2D eigenvalue weighted by Crippen LogP contribution is 2.30. The predicted octanol–water partition coefficient (Wildman–Crippen LogP) is 3.08. The van der Waals surface area contributed by atoms with Crippen molar-refractivity contribution < 1.29 is 23.5 Å². The largest absolute Gasteiger partial charge is 0.452 e. The standard InChI is InChI=1S/C20H18ClFN2O4/c21-15-8-7-13(10-17(15)24-9-3-6-19(24)26)20(27)28-12-18(25)23-11-14-4-1-2-5-16(14)22/h1-2,4-5,7-8,10H,3,6,9,11-12H2,(H,23,25). The minimum Gasteiger partial charge on any atom is -0.452 e. The van der Waals surface area contributed by atoms with Gasteiger partial charge in [0.15, 0.2) is 6.61 Å². The van der Waals surface area contributed by atoms with Crippen molar-refractivity contribution in [2.75, 3.05) is 18.1 Å². The van der Waals surface area contributed by atoms with E-state index in [1.807, 2.05) is 0 Å². The summed E-state index contributed by atoms with van der Waals surface area (Å²) in [6.07, 6.45) is 1.17. The number of rotatable bonds is 6. The average molecular weight is 405 g/mol. The van der Waals surface area contributed by atoms with Crippen molar-refractivity contribution in [3.8, 4) is 0 Å². The minimum absolute atomic E-state index is 0.00871. The van der Waals surface area contributed by atoms with Gasteiger partial charge in [-0.25, -0.2) is 9.18 Å². The van der Waals surface area contributed by atoms with Gasteiger partial charge in [0, 0.05) is 25.1 Å². The van der Waals surface area contributed by atoms with Crippen LogP contribution in [0.15, 0.2) is 42.5 Å². The molecule has 0 radical (unpaired) electrons. The van der Waals surface area contributed by atoms with Crippen molar-refractivity contribution in [2.45, 2.75) is 19.4 Å². The van der Waals surface area contributed by atoms with Crippen LogP contribution >= 0.6 is 11.6 Å². The number of nitrogens with zero attached hydrogens (tertiary/aromatic N) is 1. The number of benzene rings is 2. The van der Waals surface area contributed by atoms with Crippen molar-refractivity contribution in [2.24, 2.45) is 0 Å². The highest BCUT2D eigenvalue weighted by Gasteiger charge is 2.24. The number of halogens is 2. The smallest absolute Gasteiger partial charge is 0.338 e. The second-order valence-electron chi connectivity index (χ2n) is 6.26. The first-order chi connectivity index (χ1) is 13.5. The molecule has 3 rings (SSSR count). The maximum atomic E-state index is 13.5. The Labute approximate surface area is 166 Å². The summed E-state index contributed by atoms with van der Waals surface area (Å²) in [5.41, 5.74) is 0.962. The van der Waals surface area contributed by atoms with Gasteiger partial charge in [-0.1, -0.05) is 29.8 Å². The van der Waals surface area contributed by atoms with Gasteiger partial charge in [-0.05, 0) is 30.7 Å². The molecule has 1 N–H and O–H groups in total. The summed E-state index contributed by atoms with van der Waals surface area (Å²) >= 11 is 6.15. The normalized spacial score (nSPS) is 13.5. The molecule has 2 aromatic rings. The van der Waals surface area contributed by atoms with Gasteiger partial charge < -0.3 is 15.0 Å². The van der Waals surface area contributed by atoms with E-state index in [9.17, 15) is 18.8 Å². The molecule has 1 aliphatic rings. The second kappa shape index (κ2) is 8.84. The molecule has 146 valence electrons. The summed E-state index contributed by atoms with van der Waals surface area (Å²) in [5.74, 6) is -1.75. The van der Waals surface area contributed by atoms with Crippen LogP contribution in [0, 0.1) is 5.82 Å². The van der Waals surface area contributed by atoms with E-state index in [1.54, 1.807) is 18.2 Å². The van der Waals surface area contributed by atoms with E-state index >= 15 is 0 Å². The Balaban J connectivity index is 1.56. The average Bonchev–Trinajstić information content (AvgIpc) is 3.11. The zero-order chi connectivity index (χ0) is 20.1. The topological polar surface area (TPSA) is 75.7 Å². The molecular formula is C20H18ClFN2O4. The number of amides is 2. The van der Waals surface area contributed by atoms with Gasteiger partial charge in [0.05, 0.1) is 16.3 Å². The van der Waals surface area contributed by atoms with Crippen LogP contribution in [0.4, 0.5) is 10.1 Å². The Morgan fingerprint density at radius 1 is 1.21 bits per heavy atom. The zero-order valence-corrected chi connectivity index (χ0v) is 15.7. The van der Waals surface area contributed by atoms with Gasteiger partial charge in [-0.3, -0.25) is 9.59 Å². The highest BCUT2D eigenvalue weighted by molar-refractivity contribution is 6.34. The quantitative estimate of drug-likeness (QED) is 0.751. The summed E-state index contributed by atoms with van der Waals surface area (Å²) in [6, 6.07) is 10.5. The Morgan fingerprint density at radius 2 is 2.00 bits per heavy atom. The van der Waals surface area contributed by atoms with E-state index < -0.39 is 24.3 Å². The number of carbonyl (C=O) groups excluding carboxylic acids is 3. The van der Waals surface area contributed by atoms with Gasteiger partial charge in [-0.15, -0.1) is 0 Å². The molecule has 2 amide bonds. The molecule has 28 heavy (non-hydrogen) atoms. The summed E-state index contributed by atoms with van der Waals surface area (Å²) in [7, 11) is 0. The van der Waals surface area contributed by atoms with Crippen LogP contribution < -0.4 is 10.2 Å². The van der Waals surface area contributed by atoms with Gasteiger partial charge in [-0.2, -0.15) is 0 Å². The van der Waals surface area contributed by atoms with Gasteiger partial charge in [0.1, 0.15) is 5.82 Å². The Kier molecular flexibility index (Phi) is 6.26. The van der Waals surface area contributed by atoms with Crippen LogP contribution in [0.3, 0.4) is 0 Å². The fraction of sp³-hybridized carbons (Fsp3) is 0.250. The van der Waals surface area contributed by atoms with Gasteiger partial charge >= 0.3 is 5.97 Å². The molecule has 0 spiro atoms. The lowest BCUT2D eigenvalue weighted by atomic mass is 10.2. The first-order valence-corrected chi connectivity index (χ1v) is 9.10. The summed E-state index contributed by atoms with van der Waals surface area (Å²) < 4.78 is 18.5. The summed E-state index contributed by atoms with van der Waals surface area (Å²) in [6.45, 7) is 0.0224. The van der Waals surface area contributed by atoms with E-state index in [0.29, 0.717) is 29.2 Å². The van der Waals surface area contributed by atoms with Gasteiger partial charge in [0.2, 0.25) is 5.91 Å². The van der Waals surface area contributed by atoms with Crippen molar-refractivity contribution in [1.82, 2.24) is 5.32 Å². The molecule has 1 aliphatic heterocycles. The lowest BCUT2D eigenvalue weighted by Gasteiger charge is -2.18. The Hall–Kier alpha value is -2.93. The number of ether oxygens (including phenoxy) is 1. The Bertz CT molecular complexity index is 919. The summed E-state index contributed by atoms with van der Waals surface area (Å²) in [5, 5.41) is 2.84. The maximum absolute atomic E-state index is 13.5. The first-order valence-electron chi connectivity index (χ1n) is 8.73. The van der Waals surface area contributed by atoms with Crippen molar-refractivity contribution in [3.63, 3.8) is 0 Å². The fourth-order valence-electron chi connectivity index (χ4n) is 2.85. The molecule has 1 heterocycles. The van der Waals surface area contributed by atoms with Crippen LogP contribution in [0.2, 0.25) is 5.02 Å². The van der Waals surface area contributed by atoms with Crippen molar-refractivity contribution >= 4 is 35.1 Å². The van der Waals surface area contributed by atoms with E-state index in [-0.39, 0.29) is 18.0 Å². The lowest BCUT2D eigenvalue weighted by Crippen LogP contribution is -2.29. The van der Waals surface area contributed by atoms with Crippen molar-refractivity contribution in [1.29, 1.82) is 0 Å². The van der Waals surface area contributed by atoms with Crippen molar-refractivity contribution in [3.05, 3.63) is 64.4 Å². The third kappa shape index (κ3) is 4.67. The molecule has 0 atom stereocenters. The molecule has 6 nitrogen and oxygen atoms in total. The van der Waals surface area contributed by atoms with E-state index in [4.69, 9.17) is 16.3 Å². The van der Waals surface area contributed by atoms with Gasteiger partial charge in [0.25, 0.3) is 5.91 Å². The molecule has 8 heteroatoms. The van der Waals surface area contributed by atoms with Crippen LogP contribution in [0.1, 0.15) is 28.8 Å². The molecule has 0 bridgehead atoms. The van der Waals surface area contributed by atoms with E-state index in [2.05, 4.69) is 5.32 Å². The molecule has 1 fully saturated rings. The lowest BCUT2D eigenvalue weighted by molar-refractivity contribution is -0.124. The number of hydrogen-bond donors (Lipinski definition) is 1. The molecule has 0 saturated carbocycles. The number of esters is 1. The molecule has 0 unspecified atom stereocenters. The highest BCUT2D eigenvalue weighted by atomic mass is 35.5. The molecule has 0 aromatic heterocycles. The minimum atomic E-state index is -0.717. The van der Waals surface area contributed by atoms with Crippen LogP contribution in [-0.4, -0.2) is 30.9 Å². The van der Waals surface area contributed by atoms with E-state index in [0.717, 1.165) is 6.42 Å². The van der Waals surface area contributed by atoms with Crippen LogP contribution in [0.5, 0.6) is 0 Å². The van der Waals surface area contributed by atoms with Crippen LogP contribution in [0.25, 0.3) is 0 Å². The first kappa shape index (κ1) is 19.8. The fourth-order valence-corrected chi connectivity index (χ4v) is 3.07. The van der Waals surface area contributed by atoms with E-state index in [1.165, 1.54) is 29.2 Å².